The van der Waals surface area contributed by atoms with Crippen molar-refractivity contribution in [2.45, 2.75) is 64.7 Å². The Labute approximate surface area is 466 Å². The number of aromatic nitrogens is 6. The molecule has 0 spiro atoms. The molecule has 0 aliphatic heterocycles. The molecule has 0 radical (unpaired) electrons. The number of anilines is 3. The van der Waals surface area contributed by atoms with Crippen LogP contribution in [0, 0.1) is 20.8 Å². The number of fused-ring (bicyclic) bond motifs is 2. The van der Waals surface area contributed by atoms with Gasteiger partial charge in [0, 0.05) is 112 Å². The molecule has 10 rings (SSSR count). The number of carbonyl (C=O) groups excluding carboxylic acids is 2. The van der Waals surface area contributed by atoms with Gasteiger partial charge in [-0.15, -0.1) is 0 Å². The number of aldehydes is 1. The molecule has 2 aliphatic carbocycles. The van der Waals surface area contributed by atoms with Gasteiger partial charge in [-0.25, -0.2) is 24.7 Å². The van der Waals surface area contributed by atoms with Gasteiger partial charge in [0.15, 0.2) is 5.65 Å². The van der Waals surface area contributed by atoms with Crippen LogP contribution in [-0.4, -0.2) is 122 Å². The van der Waals surface area contributed by atoms with Gasteiger partial charge in [-0.2, -0.15) is 13.2 Å². The second kappa shape index (κ2) is 26.2. The Morgan fingerprint density at radius 3 is 1.67 bits per heavy atom. The minimum atomic E-state index is -4.64. The van der Waals surface area contributed by atoms with E-state index in [4.69, 9.17) is 38.8 Å². The molecule has 2 aliphatic rings. The van der Waals surface area contributed by atoms with Crippen LogP contribution < -0.4 is 16.0 Å². The SMILES string of the molecule is CN(C/C=C/C(=O)O)C1CC1.CNc1cccc(-n2c(C)c(-c3ccc(Cl)cc3)c3c(C)ncnc32)c1.Cc1c(-c2ccc(Cl)cc2)c2c(N)ncnc2n1-c1cccc(N(C)C(=O)/C=C/CN(C)C2CC2)c1.O=CC(F)(F)F. The lowest BCUT2D eigenvalue weighted by atomic mass is 10.0. The number of aliphatic carboxylic acids is 1. The summed E-state index contributed by atoms with van der Waals surface area (Å²) in [5.74, 6) is -0.524. The molecule has 20 heteroatoms. The Morgan fingerprint density at radius 2 is 1.18 bits per heavy atom. The molecule has 0 unspecified atom stereocenters. The molecular formula is C59H62Cl2F3N11O4. The molecule has 2 saturated carbocycles. The normalized spacial score (nSPS) is 13.2. The summed E-state index contributed by atoms with van der Waals surface area (Å²) in [6.45, 7) is 7.70. The zero-order valence-corrected chi connectivity index (χ0v) is 46.4. The highest BCUT2D eigenvalue weighted by molar-refractivity contribution is 6.31. The highest BCUT2D eigenvalue weighted by Crippen LogP contribution is 2.40. The first-order valence-electron chi connectivity index (χ1n) is 25.3. The molecule has 0 atom stereocenters. The first-order valence-corrected chi connectivity index (χ1v) is 26.1. The van der Waals surface area contributed by atoms with Crippen molar-refractivity contribution in [2.75, 3.05) is 57.2 Å². The molecule has 2 fully saturated rings. The van der Waals surface area contributed by atoms with Crippen molar-refractivity contribution in [3.63, 3.8) is 0 Å². The summed E-state index contributed by atoms with van der Waals surface area (Å²) < 4.78 is 35.5. The summed E-state index contributed by atoms with van der Waals surface area (Å²) >= 11 is 12.2. The third kappa shape index (κ3) is 15.0. The number of hydrogen-bond donors (Lipinski definition) is 3. The fraction of sp³-hybridized carbons (Fsp3) is 0.271. The summed E-state index contributed by atoms with van der Waals surface area (Å²) in [5.41, 5.74) is 19.0. The number of nitrogens with one attached hydrogen (secondary N) is 1. The number of carboxylic acids is 1. The number of rotatable bonds is 14. The monoisotopic (exact) mass is 1120 g/mol. The molecule has 4 heterocycles. The number of carbonyl (C=O) groups is 3. The fourth-order valence-electron chi connectivity index (χ4n) is 9.05. The number of halogens is 5. The Kier molecular flexibility index (Phi) is 19.5. The van der Waals surface area contributed by atoms with Crippen LogP contribution in [0.5, 0.6) is 0 Å². The van der Waals surface area contributed by atoms with E-state index < -0.39 is 18.4 Å². The smallest absolute Gasteiger partial charge is 0.446 e. The molecule has 4 aromatic heterocycles. The van der Waals surface area contributed by atoms with Crippen LogP contribution in [0.25, 0.3) is 55.7 Å². The molecule has 0 bridgehead atoms. The van der Waals surface area contributed by atoms with Gasteiger partial charge in [-0.05, 0) is 132 Å². The molecule has 8 aromatic rings. The first kappa shape index (κ1) is 58.8. The largest absolute Gasteiger partial charge is 0.478 e. The molecule has 0 saturated heterocycles. The average molecular weight is 1120 g/mol. The maximum atomic E-state index is 12.9. The van der Waals surface area contributed by atoms with Crippen molar-refractivity contribution in [1.82, 2.24) is 38.9 Å². The highest BCUT2D eigenvalue weighted by Gasteiger charge is 2.27. The number of aryl methyl sites for hydroxylation is 1. The number of benzene rings is 4. The summed E-state index contributed by atoms with van der Waals surface area (Å²) in [4.78, 5) is 55.6. The molecule has 79 heavy (non-hydrogen) atoms. The number of nitrogens with zero attached hydrogens (tertiary/aromatic N) is 9. The zero-order chi connectivity index (χ0) is 57.1. The highest BCUT2D eigenvalue weighted by atomic mass is 35.5. The number of alkyl halides is 3. The van der Waals surface area contributed by atoms with E-state index in [9.17, 15) is 22.8 Å². The van der Waals surface area contributed by atoms with Crippen molar-refractivity contribution in [2.24, 2.45) is 0 Å². The lowest BCUT2D eigenvalue weighted by molar-refractivity contribution is -0.156. The van der Waals surface area contributed by atoms with Gasteiger partial charge in [-0.3, -0.25) is 28.5 Å². The molecule has 15 nitrogen and oxygen atoms in total. The van der Waals surface area contributed by atoms with E-state index in [2.05, 4.69) is 70.3 Å². The Morgan fingerprint density at radius 1 is 0.709 bits per heavy atom. The third-order valence-electron chi connectivity index (χ3n) is 13.4. The van der Waals surface area contributed by atoms with Gasteiger partial charge in [-0.1, -0.05) is 71.8 Å². The van der Waals surface area contributed by atoms with Crippen molar-refractivity contribution < 1.29 is 32.7 Å². The fourth-order valence-corrected chi connectivity index (χ4v) is 9.30. The van der Waals surface area contributed by atoms with E-state index in [1.165, 1.54) is 38.1 Å². The van der Waals surface area contributed by atoms with E-state index in [0.717, 1.165) is 96.6 Å². The summed E-state index contributed by atoms with van der Waals surface area (Å²) in [7, 11) is 7.82. The van der Waals surface area contributed by atoms with E-state index in [0.29, 0.717) is 28.6 Å². The van der Waals surface area contributed by atoms with E-state index in [-0.39, 0.29) is 5.91 Å². The quantitative estimate of drug-likeness (QED) is 0.0694. The van der Waals surface area contributed by atoms with Gasteiger partial charge < -0.3 is 21.1 Å². The Bertz CT molecular complexity index is 3500. The second-order valence-corrected chi connectivity index (χ2v) is 20.0. The summed E-state index contributed by atoms with van der Waals surface area (Å²) in [5, 5.41) is 14.7. The number of hydrogen-bond acceptors (Lipinski definition) is 11. The maximum Gasteiger partial charge on any atom is 0.446 e. The number of nitrogen functional groups attached to an aromatic ring is 1. The van der Waals surface area contributed by atoms with Crippen LogP contribution in [0.3, 0.4) is 0 Å². The lowest BCUT2D eigenvalue weighted by Gasteiger charge is -2.18. The van der Waals surface area contributed by atoms with Crippen molar-refractivity contribution in [3.8, 4) is 33.6 Å². The zero-order valence-electron chi connectivity index (χ0n) is 44.8. The van der Waals surface area contributed by atoms with Crippen LogP contribution in [0.15, 0.2) is 134 Å². The number of amides is 1. The first-order chi connectivity index (χ1) is 37.7. The predicted octanol–water partition coefficient (Wildman–Crippen LogP) is 12.1. The molecule has 412 valence electrons. The molecular weight excluding hydrogens is 1050 g/mol. The van der Waals surface area contributed by atoms with Gasteiger partial charge in [0.05, 0.1) is 11.1 Å². The predicted molar refractivity (Wildman–Crippen MR) is 310 cm³/mol. The standard InChI is InChI=1S/C28H29ClN6O.C21H19ClN4.C8H13NO2.C2HF3O/c1-18-25(19-9-11-20(29)12-10-19)26-27(30)31-17-32-28(26)35(18)23-7-4-6-22(16-23)34(3)24(36)8-5-15-33(2)21-13-14-21;1-13-19-20(15-7-9-16(22)10-8-15)14(2)26(21(19)25-12-24-13)18-6-4-5-17(11-18)23-3;1-9(7-4-5-7)6-2-3-8(10)11;3-2(4,5)1-6/h4-12,16-17,21H,13-15H2,1-3H3,(H2,30,31,32);4-12,23H,1-3H3;2-3,7H,4-6H2,1H3,(H,10,11);1H/b8-5+;;3-2+;. The van der Waals surface area contributed by atoms with E-state index in [1.54, 1.807) is 30.4 Å². The van der Waals surface area contributed by atoms with Gasteiger partial charge in [0.2, 0.25) is 12.2 Å². The molecule has 4 N–H and O–H groups in total. The Hall–Kier alpha value is -7.90. The maximum absolute atomic E-state index is 12.9. The van der Waals surface area contributed by atoms with Gasteiger partial charge in [0.1, 0.15) is 24.1 Å². The minimum Gasteiger partial charge on any atom is -0.478 e. The van der Waals surface area contributed by atoms with E-state index in [1.807, 2.05) is 119 Å². The average Bonchev–Trinajstić information content (AvgIpc) is 4.57. The van der Waals surface area contributed by atoms with Crippen LogP contribution in [-0.2, 0) is 14.4 Å². The number of carboxylic acid groups (broad SMARTS) is 1. The van der Waals surface area contributed by atoms with Crippen molar-refractivity contribution >= 4 is 80.6 Å². The summed E-state index contributed by atoms with van der Waals surface area (Å²) in [6.07, 6.45) is 8.87. The molecule has 1 amide bonds. The lowest BCUT2D eigenvalue weighted by Crippen LogP contribution is -2.25. The number of nitrogens with two attached hydrogens (primary N) is 1. The van der Waals surface area contributed by atoms with Crippen LogP contribution in [0.4, 0.5) is 30.4 Å². The topological polar surface area (TPSA) is 181 Å². The number of likely N-dealkylation sites (N-methyl/N-ethyl adjacent to an activating group) is 3. The van der Waals surface area contributed by atoms with Crippen LogP contribution in [0.2, 0.25) is 10.0 Å². The van der Waals surface area contributed by atoms with E-state index >= 15 is 0 Å². The third-order valence-corrected chi connectivity index (χ3v) is 13.9. The van der Waals surface area contributed by atoms with Crippen LogP contribution >= 0.6 is 23.2 Å². The van der Waals surface area contributed by atoms with Crippen molar-refractivity contribution in [1.29, 1.82) is 0 Å². The van der Waals surface area contributed by atoms with Crippen LogP contribution in [0.1, 0.15) is 42.8 Å². The Balaban J connectivity index is 0.000000181. The second-order valence-electron chi connectivity index (χ2n) is 19.1. The van der Waals surface area contributed by atoms with Gasteiger partial charge in [0.25, 0.3) is 0 Å². The summed E-state index contributed by atoms with van der Waals surface area (Å²) in [6, 6.07) is 33.1. The van der Waals surface area contributed by atoms with Crippen molar-refractivity contribution in [3.05, 3.63) is 161 Å². The minimum absolute atomic E-state index is 0.0705. The molecule has 4 aromatic carbocycles. The van der Waals surface area contributed by atoms with Gasteiger partial charge >= 0.3 is 12.1 Å².